The zero-order chi connectivity index (χ0) is 28.7. The lowest BCUT2D eigenvalue weighted by molar-refractivity contribution is -0.114. The number of carbonyl (C=O) groups excluding carboxylic acids is 2. The van der Waals surface area contributed by atoms with E-state index < -0.39 is 22.5 Å². The summed E-state index contributed by atoms with van der Waals surface area (Å²) in [7, 11) is -4.13. The van der Waals surface area contributed by atoms with Crippen LogP contribution in [-0.4, -0.2) is 39.5 Å². The maximum atomic E-state index is 13.8. The van der Waals surface area contributed by atoms with Crippen molar-refractivity contribution in [1.29, 1.82) is 0 Å². The normalized spacial score (nSPS) is 11.1. The van der Waals surface area contributed by atoms with E-state index in [0.29, 0.717) is 22.9 Å². The van der Waals surface area contributed by atoms with Crippen LogP contribution in [0.4, 0.5) is 11.4 Å². The van der Waals surface area contributed by atoms with Crippen molar-refractivity contribution in [3.05, 3.63) is 113 Å². The number of thioether (sulfide) groups is 1. The van der Waals surface area contributed by atoms with Gasteiger partial charge in [0.1, 0.15) is 12.3 Å². The first-order chi connectivity index (χ1) is 19.2. The molecule has 1 amide bonds. The van der Waals surface area contributed by atoms with E-state index in [2.05, 4.69) is 5.32 Å². The topological polar surface area (TPSA) is 92.8 Å². The maximum Gasteiger partial charge on any atom is 0.264 e. The van der Waals surface area contributed by atoms with Crippen molar-refractivity contribution < 1.29 is 22.7 Å². The van der Waals surface area contributed by atoms with Crippen molar-refractivity contribution in [2.75, 3.05) is 29.0 Å². The molecule has 7 nitrogen and oxygen atoms in total. The molecule has 0 aliphatic rings. The van der Waals surface area contributed by atoms with Crippen molar-refractivity contribution >= 4 is 56.5 Å². The lowest BCUT2D eigenvalue weighted by atomic mass is 10.0. The third kappa shape index (κ3) is 6.85. The fraction of sp³-hybridized carbons (Fsp3) is 0.133. The van der Waals surface area contributed by atoms with Crippen molar-refractivity contribution in [3.8, 4) is 5.75 Å². The summed E-state index contributed by atoms with van der Waals surface area (Å²) in [5, 5.41) is 3.03. The van der Waals surface area contributed by atoms with Gasteiger partial charge in [-0.2, -0.15) is 0 Å². The van der Waals surface area contributed by atoms with Crippen molar-refractivity contribution in [3.63, 3.8) is 0 Å². The van der Waals surface area contributed by atoms with Crippen molar-refractivity contribution in [1.82, 2.24) is 0 Å². The van der Waals surface area contributed by atoms with E-state index in [-0.39, 0.29) is 27.6 Å². The van der Waals surface area contributed by atoms with Crippen LogP contribution in [0.5, 0.6) is 5.75 Å². The minimum absolute atomic E-state index is 0.0402. The summed E-state index contributed by atoms with van der Waals surface area (Å²) < 4.78 is 34.1. The predicted octanol–water partition coefficient (Wildman–Crippen LogP) is 6.53. The van der Waals surface area contributed by atoms with Gasteiger partial charge in [0.05, 0.1) is 22.9 Å². The number of nitrogens with one attached hydrogen (secondary N) is 1. The molecular formula is C30H27ClN2O5S2. The molecule has 0 atom stereocenters. The minimum Gasteiger partial charge on any atom is -0.494 e. The molecule has 0 saturated carbocycles. The van der Waals surface area contributed by atoms with Crippen molar-refractivity contribution in [2.24, 2.45) is 0 Å². The number of hydrogen-bond donors (Lipinski definition) is 1. The average Bonchev–Trinajstić information content (AvgIpc) is 2.97. The van der Waals surface area contributed by atoms with Gasteiger partial charge in [0.2, 0.25) is 5.91 Å². The Morgan fingerprint density at radius 1 is 0.925 bits per heavy atom. The highest BCUT2D eigenvalue weighted by molar-refractivity contribution is 7.98. The largest absolute Gasteiger partial charge is 0.494 e. The Morgan fingerprint density at radius 2 is 1.60 bits per heavy atom. The Balaban J connectivity index is 1.67. The molecule has 0 heterocycles. The zero-order valence-corrected chi connectivity index (χ0v) is 24.2. The zero-order valence-electron chi connectivity index (χ0n) is 21.8. The Bertz CT molecular complexity index is 1590. The van der Waals surface area contributed by atoms with Crippen molar-refractivity contribution in [2.45, 2.75) is 16.7 Å². The van der Waals surface area contributed by atoms with Gasteiger partial charge < -0.3 is 10.1 Å². The average molecular weight is 595 g/mol. The lowest BCUT2D eigenvalue weighted by Gasteiger charge is -2.24. The van der Waals surface area contributed by atoms with Gasteiger partial charge in [0.25, 0.3) is 10.0 Å². The number of amides is 1. The first-order valence-corrected chi connectivity index (χ1v) is 15.4. The number of rotatable bonds is 11. The van der Waals surface area contributed by atoms with E-state index in [9.17, 15) is 18.0 Å². The molecule has 0 saturated heterocycles. The van der Waals surface area contributed by atoms with Gasteiger partial charge in [-0.1, -0.05) is 41.9 Å². The second-order valence-corrected chi connectivity index (χ2v) is 11.7. The third-order valence-electron chi connectivity index (χ3n) is 5.91. The number of hydrogen-bond acceptors (Lipinski definition) is 6. The van der Waals surface area contributed by atoms with Gasteiger partial charge in [0, 0.05) is 21.0 Å². The second-order valence-electron chi connectivity index (χ2n) is 8.55. The number of ketones is 1. The van der Waals surface area contributed by atoms with Crippen LogP contribution in [0, 0.1) is 0 Å². The Labute approximate surface area is 243 Å². The molecular weight excluding hydrogens is 568 g/mol. The summed E-state index contributed by atoms with van der Waals surface area (Å²) in [6.45, 7) is 1.76. The first kappa shape index (κ1) is 29.2. The minimum atomic E-state index is -4.13. The van der Waals surface area contributed by atoms with Crippen LogP contribution in [0.15, 0.2) is 107 Å². The molecule has 0 aromatic heterocycles. The van der Waals surface area contributed by atoms with E-state index in [1.807, 2.05) is 13.2 Å². The molecule has 1 N–H and O–H groups in total. The fourth-order valence-electron chi connectivity index (χ4n) is 3.94. The second kappa shape index (κ2) is 13.0. The van der Waals surface area contributed by atoms with E-state index in [1.165, 1.54) is 36.0 Å². The summed E-state index contributed by atoms with van der Waals surface area (Å²) >= 11 is 7.66. The number of carbonyl (C=O) groups is 2. The SMILES string of the molecule is CCOc1ccc(N(CC(=O)Nc2ccc(Cl)cc2C(=O)c2ccccc2)S(=O)(=O)c2ccc(SC)cc2)cc1. The highest BCUT2D eigenvalue weighted by Crippen LogP contribution is 2.28. The van der Waals surface area contributed by atoms with E-state index in [1.54, 1.807) is 72.8 Å². The number of ether oxygens (including phenoxy) is 1. The molecule has 0 unspecified atom stereocenters. The number of halogens is 1. The van der Waals surface area contributed by atoms with Crippen LogP contribution in [-0.2, 0) is 14.8 Å². The van der Waals surface area contributed by atoms with Crippen LogP contribution >= 0.6 is 23.4 Å². The molecule has 206 valence electrons. The Morgan fingerprint density at radius 3 is 2.23 bits per heavy atom. The number of nitrogens with zero attached hydrogens (tertiary/aromatic N) is 1. The molecule has 4 aromatic carbocycles. The molecule has 10 heteroatoms. The van der Waals surface area contributed by atoms with Gasteiger partial charge in [-0.15, -0.1) is 11.8 Å². The van der Waals surface area contributed by atoms with Gasteiger partial charge in [-0.05, 0) is 79.9 Å². The molecule has 0 bridgehead atoms. The van der Waals surface area contributed by atoms with E-state index >= 15 is 0 Å². The monoisotopic (exact) mass is 594 g/mol. The summed E-state index contributed by atoms with van der Waals surface area (Å²) in [4.78, 5) is 27.5. The highest BCUT2D eigenvalue weighted by atomic mass is 35.5. The quantitative estimate of drug-likeness (QED) is 0.157. The molecule has 0 fully saturated rings. The molecule has 4 aromatic rings. The van der Waals surface area contributed by atoms with E-state index in [4.69, 9.17) is 16.3 Å². The third-order valence-corrected chi connectivity index (χ3v) is 8.67. The Kier molecular flexibility index (Phi) is 9.52. The molecule has 4 rings (SSSR count). The smallest absolute Gasteiger partial charge is 0.264 e. The summed E-state index contributed by atoms with van der Waals surface area (Å²) in [5.41, 5.74) is 1.11. The van der Waals surface area contributed by atoms with Crippen LogP contribution < -0.4 is 14.4 Å². The summed E-state index contributed by atoms with van der Waals surface area (Å²) in [5.74, 6) is -0.395. The van der Waals surface area contributed by atoms with E-state index in [0.717, 1.165) is 9.20 Å². The van der Waals surface area contributed by atoms with Crippen LogP contribution in [0.1, 0.15) is 22.8 Å². The molecule has 0 aliphatic heterocycles. The van der Waals surface area contributed by atoms with Crippen LogP contribution in [0.25, 0.3) is 0 Å². The first-order valence-electron chi connectivity index (χ1n) is 12.3. The number of benzene rings is 4. The number of sulfonamides is 1. The lowest BCUT2D eigenvalue weighted by Crippen LogP contribution is -2.38. The highest BCUT2D eigenvalue weighted by Gasteiger charge is 2.28. The summed E-state index contributed by atoms with van der Waals surface area (Å²) in [6.07, 6.45) is 1.90. The van der Waals surface area contributed by atoms with Crippen LogP contribution in [0.3, 0.4) is 0 Å². The van der Waals surface area contributed by atoms with Gasteiger partial charge in [-0.3, -0.25) is 13.9 Å². The molecule has 0 aliphatic carbocycles. The van der Waals surface area contributed by atoms with Gasteiger partial charge >= 0.3 is 0 Å². The molecule has 0 spiro atoms. The Hall–Kier alpha value is -3.79. The van der Waals surface area contributed by atoms with Gasteiger partial charge in [-0.25, -0.2) is 8.42 Å². The fourth-order valence-corrected chi connectivity index (χ4v) is 5.95. The predicted molar refractivity (Wildman–Crippen MR) is 160 cm³/mol. The molecule has 40 heavy (non-hydrogen) atoms. The summed E-state index contributed by atoms with van der Waals surface area (Å²) in [6, 6.07) is 26.0. The van der Waals surface area contributed by atoms with Gasteiger partial charge in [0.15, 0.2) is 5.78 Å². The maximum absolute atomic E-state index is 13.8. The standard InChI is InChI=1S/C30H27ClN2O5S2/c1-3-38-24-12-10-23(11-13-24)33(40(36,37)26-16-14-25(39-2)15-17-26)20-29(34)32-28-18-9-22(31)19-27(28)30(35)21-7-5-4-6-8-21/h4-19H,3,20H2,1-2H3,(H,32,34). The number of anilines is 2. The van der Waals surface area contributed by atoms with Crippen LogP contribution in [0.2, 0.25) is 5.02 Å². The molecule has 0 radical (unpaired) electrons.